The molecule has 0 radical (unpaired) electrons. The van der Waals surface area contributed by atoms with Crippen molar-refractivity contribution in [2.24, 2.45) is 0 Å². The largest absolute Gasteiger partial charge is 0.468 e. The maximum Gasteiger partial charge on any atom is 0.416 e. The molecule has 0 fully saturated rings. The van der Waals surface area contributed by atoms with E-state index in [1.54, 1.807) is 6.07 Å². The SMILES string of the molecule is O=C1CCCc2occ(-c3cccc(C(F)(F)F)c3)c21. The molecule has 0 saturated carbocycles. The number of aryl methyl sites for hydroxylation is 1. The number of rotatable bonds is 1. The monoisotopic (exact) mass is 280 g/mol. The Kier molecular flexibility index (Phi) is 2.92. The van der Waals surface area contributed by atoms with E-state index < -0.39 is 11.7 Å². The van der Waals surface area contributed by atoms with Gasteiger partial charge in [0.05, 0.1) is 17.4 Å². The predicted molar refractivity (Wildman–Crippen MR) is 66.4 cm³/mol. The molecule has 2 aromatic rings. The van der Waals surface area contributed by atoms with Gasteiger partial charge in [0.1, 0.15) is 5.76 Å². The van der Waals surface area contributed by atoms with E-state index in [0.717, 1.165) is 18.6 Å². The summed E-state index contributed by atoms with van der Waals surface area (Å²) in [5.41, 5.74) is 0.527. The van der Waals surface area contributed by atoms with Crippen molar-refractivity contribution >= 4 is 5.78 Å². The van der Waals surface area contributed by atoms with Crippen molar-refractivity contribution in [1.82, 2.24) is 0 Å². The summed E-state index contributed by atoms with van der Waals surface area (Å²) < 4.78 is 43.5. The molecule has 1 aliphatic rings. The van der Waals surface area contributed by atoms with Crippen molar-refractivity contribution in [3.63, 3.8) is 0 Å². The molecule has 104 valence electrons. The maximum absolute atomic E-state index is 12.7. The molecule has 20 heavy (non-hydrogen) atoms. The fourth-order valence-corrected chi connectivity index (χ4v) is 2.50. The second-order valence-electron chi connectivity index (χ2n) is 4.80. The highest BCUT2D eigenvalue weighted by molar-refractivity contribution is 6.04. The lowest BCUT2D eigenvalue weighted by Gasteiger charge is -2.11. The highest BCUT2D eigenvalue weighted by Crippen LogP contribution is 2.36. The molecule has 2 nitrogen and oxygen atoms in total. The molecule has 0 N–H and O–H groups in total. The van der Waals surface area contributed by atoms with E-state index >= 15 is 0 Å². The zero-order valence-corrected chi connectivity index (χ0v) is 10.5. The Morgan fingerprint density at radius 2 is 1.95 bits per heavy atom. The molecule has 0 atom stereocenters. The summed E-state index contributed by atoms with van der Waals surface area (Å²) in [5, 5.41) is 0. The number of Topliss-reactive ketones (excluding diaryl/α,β-unsaturated/α-hetero) is 1. The van der Waals surface area contributed by atoms with Crippen molar-refractivity contribution in [2.45, 2.75) is 25.4 Å². The predicted octanol–water partition coefficient (Wildman–Crippen LogP) is 4.48. The first kappa shape index (κ1) is 13.0. The van der Waals surface area contributed by atoms with E-state index in [2.05, 4.69) is 0 Å². The highest BCUT2D eigenvalue weighted by Gasteiger charge is 2.31. The molecule has 3 rings (SSSR count). The fourth-order valence-electron chi connectivity index (χ4n) is 2.50. The molecular formula is C15H11F3O2. The minimum absolute atomic E-state index is 0.0626. The summed E-state index contributed by atoms with van der Waals surface area (Å²) in [5.74, 6) is 0.515. The number of benzene rings is 1. The van der Waals surface area contributed by atoms with Gasteiger partial charge in [-0.15, -0.1) is 0 Å². The van der Waals surface area contributed by atoms with Gasteiger partial charge in [-0.05, 0) is 24.1 Å². The zero-order valence-electron chi connectivity index (χ0n) is 10.5. The van der Waals surface area contributed by atoms with Crippen LogP contribution in [0.3, 0.4) is 0 Å². The average Bonchev–Trinajstić information content (AvgIpc) is 2.83. The van der Waals surface area contributed by atoms with Gasteiger partial charge < -0.3 is 4.42 Å². The first-order valence-electron chi connectivity index (χ1n) is 6.28. The second kappa shape index (κ2) is 4.51. The zero-order chi connectivity index (χ0) is 14.3. The Morgan fingerprint density at radius 1 is 1.15 bits per heavy atom. The number of hydrogen-bond donors (Lipinski definition) is 0. The minimum Gasteiger partial charge on any atom is -0.468 e. The topological polar surface area (TPSA) is 30.2 Å². The number of carbonyl (C=O) groups is 1. The van der Waals surface area contributed by atoms with Crippen LogP contribution in [0.4, 0.5) is 13.2 Å². The molecule has 1 aromatic carbocycles. The first-order valence-corrected chi connectivity index (χ1v) is 6.28. The standard InChI is InChI=1S/C15H11F3O2/c16-15(17,18)10-4-1-3-9(7-10)11-8-20-13-6-2-5-12(19)14(11)13/h1,3-4,7-8H,2,5-6H2. The molecule has 0 unspecified atom stereocenters. The third kappa shape index (κ3) is 2.13. The van der Waals surface area contributed by atoms with Crippen LogP contribution in [0.1, 0.15) is 34.5 Å². The average molecular weight is 280 g/mol. The molecule has 0 amide bonds. The Balaban J connectivity index is 2.11. The van der Waals surface area contributed by atoms with E-state index in [1.807, 2.05) is 0 Å². The van der Waals surface area contributed by atoms with Crippen LogP contribution in [0.5, 0.6) is 0 Å². The third-order valence-electron chi connectivity index (χ3n) is 3.45. The molecule has 5 heteroatoms. The lowest BCUT2D eigenvalue weighted by molar-refractivity contribution is -0.137. The van der Waals surface area contributed by atoms with Crippen LogP contribution in [0.2, 0.25) is 0 Å². The van der Waals surface area contributed by atoms with Gasteiger partial charge in [-0.2, -0.15) is 13.2 Å². The van der Waals surface area contributed by atoms with Gasteiger partial charge in [0.2, 0.25) is 0 Å². The number of carbonyl (C=O) groups excluding carboxylic acids is 1. The Morgan fingerprint density at radius 3 is 2.70 bits per heavy atom. The number of hydrogen-bond acceptors (Lipinski definition) is 2. The molecule has 0 spiro atoms. The molecular weight excluding hydrogens is 269 g/mol. The van der Waals surface area contributed by atoms with Gasteiger partial charge in [0.25, 0.3) is 0 Å². The third-order valence-corrected chi connectivity index (χ3v) is 3.45. The van der Waals surface area contributed by atoms with E-state index in [-0.39, 0.29) is 5.78 Å². The van der Waals surface area contributed by atoms with Crippen LogP contribution in [0.25, 0.3) is 11.1 Å². The van der Waals surface area contributed by atoms with Crippen LogP contribution in [0, 0.1) is 0 Å². The van der Waals surface area contributed by atoms with E-state index in [9.17, 15) is 18.0 Å². The first-order chi connectivity index (χ1) is 9.47. The minimum atomic E-state index is -4.40. The smallest absolute Gasteiger partial charge is 0.416 e. The quantitative estimate of drug-likeness (QED) is 0.770. The van der Waals surface area contributed by atoms with Crippen molar-refractivity contribution < 1.29 is 22.4 Å². The van der Waals surface area contributed by atoms with Gasteiger partial charge in [-0.3, -0.25) is 4.79 Å². The van der Waals surface area contributed by atoms with Crippen molar-refractivity contribution in [3.8, 4) is 11.1 Å². The number of fused-ring (bicyclic) bond motifs is 1. The van der Waals surface area contributed by atoms with Crippen molar-refractivity contribution in [1.29, 1.82) is 0 Å². The van der Waals surface area contributed by atoms with Gasteiger partial charge >= 0.3 is 6.18 Å². The van der Waals surface area contributed by atoms with E-state index in [0.29, 0.717) is 35.3 Å². The number of halogens is 3. The van der Waals surface area contributed by atoms with Gasteiger partial charge in [0.15, 0.2) is 5.78 Å². The summed E-state index contributed by atoms with van der Waals surface area (Å²) in [6, 6.07) is 4.96. The van der Waals surface area contributed by atoms with E-state index in [4.69, 9.17) is 4.42 Å². The summed E-state index contributed by atoms with van der Waals surface area (Å²) in [6.45, 7) is 0. The Bertz CT molecular complexity index is 668. The van der Waals surface area contributed by atoms with Crippen LogP contribution in [-0.4, -0.2) is 5.78 Å². The van der Waals surface area contributed by atoms with Gasteiger partial charge in [0, 0.05) is 18.4 Å². The summed E-state index contributed by atoms with van der Waals surface area (Å²) in [7, 11) is 0. The Hall–Kier alpha value is -2.04. The lowest BCUT2D eigenvalue weighted by Crippen LogP contribution is -2.09. The number of ketones is 1. The number of alkyl halides is 3. The lowest BCUT2D eigenvalue weighted by atomic mass is 9.91. The molecule has 1 heterocycles. The van der Waals surface area contributed by atoms with Crippen LogP contribution in [-0.2, 0) is 12.6 Å². The van der Waals surface area contributed by atoms with Crippen LogP contribution >= 0.6 is 0 Å². The van der Waals surface area contributed by atoms with Crippen LogP contribution in [0.15, 0.2) is 34.9 Å². The maximum atomic E-state index is 12.7. The fraction of sp³-hybridized carbons (Fsp3) is 0.267. The summed E-state index contributed by atoms with van der Waals surface area (Å²) >= 11 is 0. The van der Waals surface area contributed by atoms with Crippen LogP contribution < -0.4 is 0 Å². The molecule has 0 saturated heterocycles. The van der Waals surface area contributed by atoms with Crippen molar-refractivity contribution in [2.75, 3.05) is 0 Å². The van der Waals surface area contributed by atoms with Gasteiger partial charge in [-0.1, -0.05) is 12.1 Å². The van der Waals surface area contributed by atoms with Gasteiger partial charge in [-0.25, -0.2) is 0 Å². The highest BCUT2D eigenvalue weighted by atomic mass is 19.4. The van der Waals surface area contributed by atoms with Crippen molar-refractivity contribution in [3.05, 3.63) is 47.4 Å². The second-order valence-corrected chi connectivity index (χ2v) is 4.80. The van der Waals surface area contributed by atoms with E-state index in [1.165, 1.54) is 12.3 Å². The molecule has 1 aromatic heterocycles. The summed E-state index contributed by atoms with van der Waals surface area (Å²) in [4.78, 5) is 11.9. The molecule has 0 aliphatic heterocycles. The number of furan rings is 1. The molecule has 0 bridgehead atoms. The normalized spacial score (nSPS) is 15.2. The molecule has 1 aliphatic carbocycles. The summed E-state index contributed by atoms with van der Waals surface area (Å²) in [6.07, 6.45) is -1.23. The Labute approximate surface area is 113 Å².